The molecule has 0 N–H and O–H groups in total. The second-order valence-electron chi connectivity index (χ2n) is 4.82. The third-order valence-electron chi connectivity index (χ3n) is 3.65. The number of Topliss-reactive ketones (excluding diaryl/α,β-unsaturated/α-hetero) is 1. The maximum atomic E-state index is 12.4. The van der Waals surface area contributed by atoms with Gasteiger partial charge in [-0.15, -0.1) is 0 Å². The van der Waals surface area contributed by atoms with Crippen LogP contribution in [-0.2, 0) is 12.8 Å². The first kappa shape index (κ1) is 11.1. The van der Waals surface area contributed by atoms with Crippen LogP contribution >= 0.6 is 0 Å². The lowest BCUT2D eigenvalue weighted by Crippen LogP contribution is -2.24. The van der Waals surface area contributed by atoms with Gasteiger partial charge < -0.3 is 0 Å². The number of hydrogen-bond acceptors (Lipinski definition) is 2. The van der Waals surface area contributed by atoms with Crippen molar-refractivity contribution in [2.24, 2.45) is 5.92 Å². The van der Waals surface area contributed by atoms with Crippen LogP contribution in [0.15, 0.2) is 48.8 Å². The van der Waals surface area contributed by atoms with Crippen molar-refractivity contribution in [3.8, 4) is 0 Å². The van der Waals surface area contributed by atoms with E-state index < -0.39 is 0 Å². The third kappa shape index (κ3) is 2.06. The highest BCUT2D eigenvalue weighted by molar-refractivity contribution is 6.00. The van der Waals surface area contributed by atoms with Crippen LogP contribution in [0.4, 0.5) is 0 Å². The largest absolute Gasteiger partial charge is 0.294 e. The molecular weight excluding hydrogens is 222 g/mol. The van der Waals surface area contributed by atoms with Crippen LogP contribution in [0.1, 0.15) is 27.9 Å². The highest BCUT2D eigenvalue weighted by Gasteiger charge is 2.26. The molecule has 18 heavy (non-hydrogen) atoms. The number of aryl methyl sites for hydroxylation is 1. The smallest absolute Gasteiger partial charge is 0.166 e. The molecule has 1 heterocycles. The molecule has 0 fully saturated rings. The molecule has 3 rings (SSSR count). The highest BCUT2D eigenvalue weighted by Crippen LogP contribution is 2.27. The number of carbonyl (C=O) groups excluding carboxylic acids is 1. The van der Waals surface area contributed by atoms with E-state index in [1.54, 1.807) is 12.4 Å². The Labute approximate surface area is 107 Å². The molecular formula is C16H15NO. The van der Waals surface area contributed by atoms with Gasteiger partial charge in [0.05, 0.1) is 0 Å². The lowest BCUT2D eigenvalue weighted by molar-refractivity contribution is 0.0901. The molecule has 0 aliphatic heterocycles. The number of nitrogens with zero attached hydrogens (tertiary/aromatic N) is 1. The van der Waals surface area contributed by atoms with Gasteiger partial charge in [0.15, 0.2) is 5.78 Å². The molecule has 0 saturated heterocycles. The zero-order valence-corrected chi connectivity index (χ0v) is 10.2. The fraction of sp³-hybridized carbons (Fsp3) is 0.250. The minimum Gasteiger partial charge on any atom is -0.294 e. The molecule has 2 heteroatoms. The second-order valence-corrected chi connectivity index (χ2v) is 4.82. The van der Waals surface area contributed by atoms with Crippen LogP contribution in [0.3, 0.4) is 0 Å². The standard InChI is InChI=1S/C16H15NO/c18-16-14(11-12-7-9-17-10-8-12)6-5-13-3-1-2-4-15(13)16/h1-4,7-10,14H,5-6,11H2. The van der Waals surface area contributed by atoms with Crippen LogP contribution < -0.4 is 0 Å². The third-order valence-corrected chi connectivity index (χ3v) is 3.65. The Morgan fingerprint density at radius 1 is 1.11 bits per heavy atom. The van der Waals surface area contributed by atoms with E-state index in [0.717, 1.165) is 24.8 Å². The molecule has 1 aliphatic rings. The summed E-state index contributed by atoms with van der Waals surface area (Å²) in [5.74, 6) is 0.427. The molecule has 1 aliphatic carbocycles. The average molecular weight is 237 g/mol. The van der Waals surface area contributed by atoms with Crippen LogP contribution in [0.2, 0.25) is 0 Å². The van der Waals surface area contributed by atoms with Gasteiger partial charge in [-0.3, -0.25) is 9.78 Å². The number of aromatic nitrogens is 1. The Morgan fingerprint density at radius 3 is 2.72 bits per heavy atom. The summed E-state index contributed by atoms with van der Waals surface area (Å²) in [6.45, 7) is 0. The molecule has 0 amide bonds. The first-order valence-corrected chi connectivity index (χ1v) is 6.35. The topological polar surface area (TPSA) is 30.0 Å². The normalized spacial score (nSPS) is 18.4. The molecule has 0 radical (unpaired) electrons. The average Bonchev–Trinajstić information content (AvgIpc) is 2.43. The van der Waals surface area contributed by atoms with Crippen LogP contribution in [0, 0.1) is 5.92 Å². The Kier molecular flexibility index (Phi) is 2.93. The summed E-state index contributed by atoms with van der Waals surface area (Å²) < 4.78 is 0. The van der Waals surface area contributed by atoms with Crippen LogP contribution in [-0.4, -0.2) is 10.8 Å². The quantitative estimate of drug-likeness (QED) is 0.803. The fourth-order valence-corrected chi connectivity index (χ4v) is 2.66. The van der Waals surface area contributed by atoms with Gasteiger partial charge in [0.2, 0.25) is 0 Å². The zero-order valence-electron chi connectivity index (χ0n) is 10.2. The van der Waals surface area contributed by atoms with E-state index in [2.05, 4.69) is 11.1 Å². The number of rotatable bonds is 2. The van der Waals surface area contributed by atoms with Crippen molar-refractivity contribution >= 4 is 5.78 Å². The summed E-state index contributed by atoms with van der Waals surface area (Å²) in [4.78, 5) is 16.4. The molecule has 1 aromatic carbocycles. The number of hydrogen-bond donors (Lipinski definition) is 0. The Balaban J connectivity index is 1.83. The number of carbonyl (C=O) groups is 1. The predicted molar refractivity (Wildman–Crippen MR) is 70.5 cm³/mol. The van der Waals surface area contributed by atoms with Crippen molar-refractivity contribution in [2.75, 3.05) is 0 Å². The fourth-order valence-electron chi connectivity index (χ4n) is 2.66. The second kappa shape index (κ2) is 4.73. The summed E-state index contributed by atoms with van der Waals surface area (Å²) >= 11 is 0. The van der Waals surface area contributed by atoms with Gasteiger partial charge in [-0.05, 0) is 42.5 Å². The van der Waals surface area contributed by atoms with E-state index in [4.69, 9.17) is 0 Å². The summed E-state index contributed by atoms with van der Waals surface area (Å²) in [7, 11) is 0. The summed E-state index contributed by atoms with van der Waals surface area (Å²) in [5.41, 5.74) is 3.32. The van der Waals surface area contributed by atoms with Crippen molar-refractivity contribution in [3.05, 3.63) is 65.5 Å². The molecule has 2 nitrogen and oxygen atoms in total. The molecule has 0 spiro atoms. The molecule has 1 atom stereocenters. The van der Waals surface area contributed by atoms with Crippen LogP contribution in [0.5, 0.6) is 0 Å². The van der Waals surface area contributed by atoms with Crippen LogP contribution in [0.25, 0.3) is 0 Å². The number of benzene rings is 1. The Morgan fingerprint density at radius 2 is 1.89 bits per heavy atom. The number of pyridine rings is 1. The Hall–Kier alpha value is -1.96. The van der Waals surface area contributed by atoms with Gasteiger partial charge in [-0.25, -0.2) is 0 Å². The SMILES string of the molecule is O=C1c2ccccc2CCC1Cc1ccncc1. The molecule has 0 bridgehead atoms. The predicted octanol–water partition coefficient (Wildman–Crippen LogP) is 3.07. The van der Waals surface area contributed by atoms with Crippen molar-refractivity contribution in [1.82, 2.24) is 4.98 Å². The summed E-state index contributed by atoms with van der Waals surface area (Å²) in [6.07, 6.45) is 6.37. The first-order valence-electron chi connectivity index (χ1n) is 6.35. The van der Waals surface area contributed by atoms with E-state index in [9.17, 15) is 4.79 Å². The van der Waals surface area contributed by atoms with E-state index in [1.807, 2.05) is 30.3 Å². The molecule has 2 aromatic rings. The molecule has 90 valence electrons. The molecule has 1 unspecified atom stereocenters. The zero-order chi connectivity index (χ0) is 12.4. The van der Waals surface area contributed by atoms with Gasteiger partial charge in [-0.2, -0.15) is 0 Å². The van der Waals surface area contributed by atoms with Gasteiger partial charge in [0.1, 0.15) is 0 Å². The maximum Gasteiger partial charge on any atom is 0.166 e. The lowest BCUT2D eigenvalue weighted by atomic mass is 9.80. The van der Waals surface area contributed by atoms with Crippen molar-refractivity contribution in [2.45, 2.75) is 19.3 Å². The van der Waals surface area contributed by atoms with Crippen molar-refractivity contribution in [1.29, 1.82) is 0 Å². The lowest BCUT2D eigenvalue weighted by Gasteiger charge is -2.23. The minimum absolute atomic E-state index is 0.127. The van der Waals surface area contributed by atoms with Gasteiger partial charge >= 0.3 is 0 Å². The first-order chi connectivity index (χ1) is 8.84. The van der Waals surface area contributed by atoms with Crippen molar-refractivity contribution in [3.63, 3.8) is 0 Å². The maximum absolute atomic E-state index is 12.4. The summed E-state index contributed by atoms with van der Waals surface area (Å²) in [6, 6.07) is 12.0. The molecule has 0 saturated carbocycles. The highest BCUT2D eigenvalue weighted by atomic mass is 16.1. The minimum atomic E-state index is 0.127. The number of ketones is 1. The van der Waals surface area contributed by atoms with Crippen molar-refractivity contribution < 1.29 is 4.79 Å². The summed E-state index contributed by atoms with van der Waals surface area (Å²) in [5, 5.41) is 0. The van der Waals surface area contributed by atoms with E-state index >= 15 is 0 Å². The number of fused-ring (bicyclic) bond motifs is 1. The Bertz CT molecular complexity index is 562. The monoisotopic (exact) mass is 237 g/mol. The van der Waals surface area contributed by atoms with E-state index in [-0.39, 0.29) is 5.92 Å². The van der Waals surface area contributed by atoms with Gasteiger partial charge in [-0.1, -0.05) is 24.3 Å². The van der Waals surface area contributed by atoms with Gasteiger partial charge in [0.25, 0.3) is 0 Å². The van der Waals surface area contributed by atoms with E-state index in [1.165, 1.54) is 11.1 Å². The molecule has 1 aromatic heterocycles. The van der Waals surface area contributed by atoms with E-state index in [0.29, 0.717) is 5.78 Å². The van der Waals surface area contributed by atoms with Gasteiger partial charge in [0, 0.05) is 23.9 Å².